The molecule has 0 aliphatic carbocycles. The second-order valence-electron chi connectivity index (χ2n) is 7.37. The van der Waals surface area contributed by atoms with Crippen molar-refractivity contribution in [2.45, 2.75) is 0 Å². The summed E-state index contributed by atoms with van der Waals surface area (Å²) < 4.78 is 7.78. The zero-order valence-corrected chi connectivity index (χ0v) is 24.7. The molecule has 0 bridgehead atoms. The molecule has 4 aromatic rings. The number of carbonyl (C=O) groups is 4. The van der Waals surface area contributed by atoms with E-state index < -0.39 is 23.9 Å². The van der Waals surface area contributed by atoms with E-state index in [1.54, 1.807) is 36.4 Å². The van der Waals surface area contributed by atoms with Crippen LogP contribution in [0.25, 0.3) is 0 Å². The van der Waals surface area contributed by atoms with E-state index in [0.717, 1.165) is 0 Å². The van der Waals surface area contributed by atoms with Gasteiger partial charge >= 0.3 is 35.0 Å². The second-order valence-corrected chi connectivity index (χ2v) is 7.68. The molecule has 4 aromatic carbocycles. The monoisotopic (exact) mass is 642 g/mol. The van der Waals surface area contributed by atoms with Crippen LogP contribution in [0, 0.1) is 0 Å². The van der Waals surface area contributed by atoms with Gasteiger partial charge in [0.15, 0.2) is 0 Å². The number of benzene rings is 4. The van der Waals surface area contributed by atoms with Crippen LogP contribution in [0.5, 0.6) is 23.0 Å². The number of aromatic hydroxyl groups is 4. The summed E-state index contributed by atoms with van der Waals surface area (Å²) in [4.78, 5) is 41.7. The maximum absolute atomic E-state index is 10.7. The molecule has 12 nitrogen and oxygen atoms in total. The van der Waals surface area contributed by atoms with Gasteiger partial charge in [0.05, 0.1) is 11.9 Å². The van der Waals surface area contributed by atoms with Crippen molar-refractivity contribution in [2.24, 2.45) is 0 Å². The van der Waals surface area contributed by atoms with Crippen molar-refractivity contribution in [3.8, 4) is 23.0 Å². The number of para-hydroxylation sites is 4. The van der Waals surface area contributed by atoms with Gasteiger partial charge in [-0.1, -0.05) is 48.5 Å². The fourth-order valence-corrected chi connectivity index (χ4v) is 2.83. The van der Waals surface area contributed by atoms with Crippen molar-refractivity contribution >= 4 is 70.7 Å². The van der Waals surface area contributed by atoms with E-state index in [2.05, 4.69) is 8.58 Å². The van der Waals surface area contributed by atoms with E-state index in [4.69, 9.17) is 44.2 Å². The van der Waals surface area contributed by atoms with Crippen LogP contribution in [0.3, 0.4) is 0 Å². The largest absolute Gasteiger partial charge is 2.00 e. The number of phenols is 4. The molecular weight excluding hydrogens is 624 g/mol. The fraction of sp³-hybridized carbons (Fsp3) is 0. The zero-order chi connectivity index (χ0) is 31.7. The minimum Gasteiger partial charge on any atom is -0.545 e. The number of halogens is 2. The first-order valence-electron chi connectivity index (χ1n) is 11.1. The second kappa shape index (κ2) is 20.2. The fourth-order valence-electron chi connectivity index (χ4n) is 2.67. The van der Waals surface area contributed by atoms with E-state index in [1.807, 2.05) is 0 Å². The Morgan fingerprint density at radius 1 is 0.465 bits per heavy atom. The van der Waals surface area contributed by atoms with Crippen LogP contribution in [0.15, 0.2) is 97.1 Å². The number of hydrogen-bond donors (Lipinski definition) is 4. The topological polar surface area (TPSA) is 214 Å². The van der Waals surface area contributed by atoms with Crippen LogP contribution in [-0.2, 0) is 8.58 Å². The molecule has 0 aliphatic heterocycles. The SMILES string of the molecule is O=C(OCl)c1ccccc1O.O=C(OCl)c1ccccc1O.O=C([O-])c1ccccc1O.O=C([O-])c1ccccc1O.[Mg+2]. The van der Waals surface area contributed by atoms with Crippen LogP contribution in [0.1, 0.15) is 41.4 Å². The van der Waals surface area contributed by atoms with Gasteiger partial charge < -0.3 is 48.8 Å². The van der Waals surface area contributed by atoms with Crippen LogP contribution >= 0.6 is 23.7 Å². The number of aromatic carboxylic acids is 2. The van der Waals surface area contributed by atoms with Crippen molar-refractivity contribution < 1.29 is 58.4 Å². The van der Waals surface area contributed by atoms with Gasteiger partial charge in [0.2, 0.25) is 0 Å². The third kappa shape index (κ3) is 13.2. The molecule has 0 radical (unpaired) electrons. The maximum atomic E-state index is 10.7. The Bertz CT molecular complexity index is 1400. The molecular formula is C28H20Cl2MgO12. The summed E-state index contributed by atoms with van der Waals surface area (Å²) in [5, 5.41) is 56.1. The van der Waals surface area contributed by atoms with Gasteiger partial charge in [-0.2, -0.15) is 0 Å². The van der Waals surface area contributed by atoms with Crippen molar-refractivity contribution in [3.05, 3.63) is 119 Å². The van der Waals surface area contributed by atoms with Gasteiger partial charge in [-0.05, 0) is 48.5 Å². The van der Waals surface area contributed by atoms with Gasteiger partial charge in [-0.3, -0.25) is 0 Å². The smallest absolute Gasteiger partial charge is 0.545 e. The average Bonchev–Trinajstić information content (AvgIpc) is 2.98. The Balaban J connectivity index is 0.000000543. The number of phenolic OH excluding ortho intramolecular Hbond substituents is 2. The molecule has 0 aliphatic rings. The molecule has 15 heteroatoms. The summed E-state index contributed by atoms with van der Waals surface area (Å²) in [5.74, 6) is -5.05. The van der Waals surface area contributed by atoms with E-state index in [0.29, 0.717) is 0 Å². The van der Waals surface area contributed by atoms with E-state index in [-0.39, 0.29) is 68.3 Å². The van der Waals surface area contributed by atoms with Gasteiger partial charge in [0.25, 0.3) is 0 Å². The Morgan fingerprint density at radius 3 is 0.837 bits per heavy atom. The number of hydrogen-bond acceptors (Lipinski definition) is 12. The quantitative estimate of drug-likeness (QED) is 0.236. The predicted octanol–water partition coefficient (Wildman–Crippen LogP) is 2.54. The van der Waals surface area contributed by atoms with Crippen molar-refractivity contribution in [1.29, 1.82) is 0 Å². The molecule has 0 saturated heterocycles. The molecule has 220 valence electrons. The number of carboxylic acid groups (broad SMARTS) is 2. The van der Waals surface area contributed by atoms with Crippen LogP contribution < -0.4 is 10.2 Å². The molecule has 0 amide bonds. The van der Waals surface area contributed by atoms with E-state index in [1.165, 1.54) is 60.7 Å². The number of carboxylic acids is 2. The van der Waals surface area contributed by atoms with Crippen LogP contribution in [0.2, 0.25) is 0 Å². The zero-order valence-electron chi connectivity index (χ0n) is 21.8. The first kappa shape index (κ1) is 38.3. The van der Waals surface area contributed by atoms with Crippen LogP contribution in [-0.4, -0.2) is 67.4 Å². The molecule has 0 unspecified atom stereocenters. The minimum absolute atomic E-state index is 0. The Morgan fingerprint density at radius 2 is 0.674 bits per heavy atom. The standard InChI is InChI=1S/2C7H5ClO3.2C7H6O3.Mg/c2*8-11-7(10)5-3-1-2-4-6(5)9;2*8-6-4-2-1-3-5(6)7(9)10;/h2*1-4,9H;2*1-4,8H,(H,9,10);/q;;;;+2/p-2. The Hall–Kier alpha value is -4.69. The first-order valence-corrected chi connectivity index (χ1v) is 11.8. The summed E-state index contributed by atoms with van der Waals surface area (Å²) in [6, 6.07) is 23.3. The molecule has 0 heterocycles. The molecule has 0 fully saturated rings. The van der Waals surface area contributed by atoms with Crippen molar-refractivity contribution in [2.75, 3.05) is 0 Å². The van der Waals surface area contributed by atoms with Gasteiger partial charge in [0.1, 0.15) is 57.9 Å². The summed E-state index contributed by atoms with van der Waals surface area (Å²) in [5.41, 5.74) is -0.241. The van der Waals surface area contributed by atoms with E-state index in [9.17, 15) is 29.4 Å². The molecule has 0 saturated carbocycles. The summed E-state index contributed by atoms with van der Waals surface area (Å²) in [7, 11) is 0. The van der Waals surface area contributed by atoms with Crippen molar-refractivity contribution in [1.82, 2.24) is 0 Å². The Labute approximate surface area is 270 Å². The molecule has 0 spiro atoms. The van der Waals surface area contributed by atoms with Crippen LogP contribution in [0.4, 0.5) is 0 Å². The minimum atomic E-state index is -1.36. The Kier molecular flexibility index (Phi) is 18.0. The predicted molar refractivity (Wildman–Crippen MR) is 149 cm³/mol. The van der Waals surface area contributed by atoms with Crippen molar-refractivity contribution in [3.63, 3.8) is 0 Å². The third-order valence-electron chi connectivity index (χ3n) is 4.64. The van der Waals surface area contributed by atoms with Gasteiger partial charge in [-0.15, -0.1) is 0 Å². The molecule has 4 rings (SSSR count). The summed E-state index contributed by atoms with van der Waals surface area (Å²) in [6.07, 6.45) is 0. The summed E-state index contributed by atoms with van der Waals surface area (Å²) in [6.45, 7) is 0. The molecule has 4 N–H and O–H groups in total. The first-order chi connectivity index (χ1) is 19.9. The van der Waals surface area contributed by atoms with Gasteiger partial charge in [-0.25, -0.2) is 9.59 Å². The average molecular weight is 644 g/mol. The number of carbonyl (C=O) groups excluding carboxylic acids is 4. The normalized spacial score (nSPS) is 8.98. The van der Waals surface area contributed by atoms with Gasteiger partial charge in [0, 0.05) is 11.1 Å². The molecule has 0 atom stereocenters. The number of rotatable bonds is 4. The maximum Gasteiger partial charge on any atom is 2.00 e. The molecule has 43 heavy (non-hydrogen) atoms. The molecule has 0 aromatic heterocycles. The summed E-state index contributed by atoms with van der Waals surface area (Å²) >= 11 is 9.60. The third-order valence-corrected chi connectivity index (χ3v) is 4.92. The van der Waals surface area contributed by atoms with E-state index >= 15 is 0 Å².